The van der Waals surface area contributed by atoms with Crippen molar-refractivity contribution in [3.8, 4) is 0 Å². The predicted molar refractivity (Wildman–Crippen MR) is 117 cm³/mol. The van der Waals surface area contributed by atoms with Crippen molar-refractivity contribution in [1.29, 1.82) is 0 Å². The molecule has 0 N–H and O–H groups in total. The average Bonchev–Trinajstić information content (AvgIpc) is 2.80. The first-order valence-electron chi connectivity index (χ1n) is 10.1. The predicted octanol–water partition coefficient (Wildman–Crippen LogP) is 3.67. The largest absolute Gasteiger partial charge is 0.379 e. The lowest BCUT2D eigenvalue weighted by Gasteiger charge is -2.26. The van der Waals surface area contributed by atoms with E-state index in [4.69, 9.17) is 4.74 Å². The lowest BCUT2D eigenvalue weighted by Crippen LogP contribution is -2.40. The Morgan fingerprint density at radius 1 is 1.03 bits per heavy atom. The summed E-state index contributed by atoms with van der Waals surface area (Å²) >= 11 is 0. The molecule has 8 heteroatoms. The molecular weight excluding hydrogens is 419 g/mol. The lowest BCUT2D eigenvalue weighted by atomic mass is 10.1. The third-order valence-electron chi connectivity index (χ3n) is 5.38. The van der Waals surface area contributed by atoms with Crippen LogP contribution in [0.1, 0.15) is 17.3 Å². The highest BCUT2D eigenvalue weighted by atomic mass is 32.2. The Bertz CT molecular complexity index is 1220. The SMILES string of the molecule is CCN(C(=O)c1cc(S(=O)(=O)N2CCOCC2)ccc1F)c1ccc2ccccc2c1. The minimum atomic E-state index is -3.84. The second-order valence-electron chi connectivity index (χ2n) is 7.24. The number of carbonyl (C=O) groups is 1. The minimum absolute atomic E-state index is 0.103. The number of morpholine rings is 1. The molecule has 0 bridgehead atoms. The van der Waals surface area contributed by atoms with Gasteiger partial charge in [0, 0.05) is 25.3 Å². The molecule has 162 valence electrons. The topological polar surface area (TPSA) is 66.9 Å². The normalized spacial score (nSPS) is 15.2. The average molecular weight is 443 g/mol. The van der Waals surface area contributed by atoms with Crippen LogP contribution in [0.15, 0.2) is 65.6 Å². The highest BCUT2D eigenvalue weighted by Gasteiger charge is 2.29. The minimum Gasteiger partial charge on any atom is -0.379 e. The second kappa shape index (κ2) is 8.74. The van der Waals surface area contributed by atoms with Crippen LogP contribution in [0.5, 0.6) is 0 Å². The fourth-order valence-electron chi connectivity index (χ4n) is 3.70. The summed E-state index contributed by atoms with van der Waals surface area (Å²) in [7, 11) is -3.84. The van der Waals surface area contributed by atoms with Crippen molar-refractivity contribution < 1.29 is 22.3 Å². The van der Waals surface area contributed by atoms with Crippen LogP contribution in [-0.2, 0) is 14.8 Å². The Morgan fingerprint density at radius 3 is 2.45 bits per heavy atom. The zero-order chi connectivity index (χ0) is 22.0. The summed E-state index contributed by atoms with van der Waals surface area (Å²) < 4.78 is 47.0. The molecule has 3 aromatic rings. The smallest absolute Gasteiger partial charge is 0.261 e. The van der Waals surface area contributed by atoms with E-state index in [0.717, 1.165) is 22.9 Å². The second-order valence-corrected chi connectivity index (χ2v) is 9.18. The molecule has 1 saturated heterocycles. The van der Waals surface area contributed by atoms with Gasteiger partial charge in [0.1, 0.15) is 5.82 Å². The zero-order valence-corrected chi connectivity index (χ0v) is 17.9. The van der Waals surface area contributed by atoms with Gasteiger partial charge in [-0.1, -0.05) is 30.3 Å². The standard InChI is InChI=1S/C23H23FN2O4S/c1-2-26(19-8-7-17-5-3-4-6-18(17)15-19)23(27)21-16-20(9-10-22(21)24)31(28,29)25-11-13-30-14-12-25/h3-10,15-16H,2,11-14H2,1H3. The number of rotatable bonds is 5. The van der Waals surface area contributed by atoms with E-state index in [-0.39, 0.29) is 23.5 Å². The molecule has 0 atom stereocenters. The van der Waals surface area contributed by atoms with Gasteiger partial charge in [-0.05, 0) is 48.0 Å². The van der Waals surface area contributed by atoms with E-state index in [1.54, 1.807) is 13.0 Å². The first-order valence-corrected chi connectivity index (χ1v) is 11.5. The molecule has 1 fully saturated rings. The summed E-state index contributed by atoms with van der Waals surface area (Å²) in [5.74, 6) is -1.35. The molecule has 0 saturated carbocycles. The Hall–Kier alpha value is -2.81. The number of anilines is 1. The first-order chi connectivity index (χ1) is 14.9. The summed E-state index contributed by atoms with van der Waals surface area (Å²) in [5.41, 5.74) is 0.344. The molecule has 0 spiro atoms. The highest BCUT2D eigenvalue weighted by Crippen LogP contribution is 2.26. The number of sulfonamides is 1. The molecule has 0 aromatic heterocycles. The first kappa shape index (κ1) is 21.4. The van der Waals surface area contributed by atoms with Crippen molar-refractivity contribution in [1.82, 2.24) is 4.31 Å². The number of hydrogen-bond donors (Lipinski definition) is 0. The molecule has 1 heterocycles. The summed E-state index contributed by atoms with van der Waals surface area (Å²) in [6.07, 6.45) is 0. The van der Waals surface area contributed by atoms with E-state index in [0.29, 0.717) is 25.4 Å². The van der Waals surface area contributed by atoms with Crippen molar-refractivity contribution in [2.24, 2.45) is 0 Å². The van der Waals surface area contributed by atoms with Crippen LogP contribution in [-0.4, -0.2) is 51.5 Å². The van der Waals surface area contributed by atoms with E-state index in [1.807, 2.05) is 36.4 Å². The quantitative estimate of drug-likeness (QED) is 0.605. The number of benzene rings is 3. The highest BCUT2D eigenvalue weighted by molar-refractivity contribution is 7.89. The molecule has 6 nitrogen and oxygen atoms in total. The van der Waals surface area contributed by atoms with Gasteiger partial charge in [-0.15, -0.1) is 0 Å². The molecule has 0 aliphatic carbocycles. The van der Waals surface area contributed by atoms with Crippen molar-refractivity contribution in [2.45, 2.75) is 11.8 Å². The van der Waals surface area contributed by atoms with E-state index < -0.39 is 21.7 Å². The lowest BCUT2D eigenvalue weighted by molar-refractivity contribution is 0.0730. The van der Waals surface area contributed by atoms with Gasteiger partial charge in [0.25, 0.3) is 5.91 Å². The Morgan fingerprint density at radius 2 is 1.74 bits per heavy atom. The summed E-state index contributed by atoms with van der Waals surface area (Å²) in [4.78, 5) is 14.6. The van der Waals surface area contributed by atoms with Crippen LogP contribution in [0.25, 0.3) is 10.8 Å². The molecule has 4 rings (SSSR count). The fourth-order valence-corrected chi connectivity index (χ4v) is 5.13. The molecular formula is C23H23FN2O4S. The van der Waals surface area contributed by atoms with E-state index in [9.17, 15) is 17.6 Å². The number of fused-ring (bicyclic) bond motifs is 1. The van der Waals surface area contributed by atoms with Crippen LogP contribution in [0, 0.1) is 5.82 Å². The van der Waals surface area contributed by atoms with Crippen LogP contribution in [0.2, 0.25) is 0 Å². The van der Waals surface area contributed by atoms with Gasteiger partial charge in [-0.3, -0.25) is 4.79 Å². The van der Waals surface area contributed by atoms with Crippen molar-refractivity contribution in [2.75, 3.05) is 37.7 Å². The van der Waals surface area contributed by atoms with Crippen molar-refractivity contribution >= 4 is 32.4 Å². The number of ether oxygens (including phenoxy) is 1. The van der Waals surface area contributed by atoms with E-state index >= 15 is 0 Å². The summed E-state index contributed by atoms with van der Waals surface area (Å²) in [6, 6.07) is 16.7. The van der Waals surface area contributed by atoms with Gasteiger partial charge in [-0.2, -0.15) is 4.31 Å². The Balaban J connectivity index is 1.70. The molecule has 0 unspecified atom stereocenters. The maximum absolute atomic E-state index is 14.6. The van der Waals surface area contributed by atoms with Gasteiger partial charge in [-0.25, -0.2) is 12.8 Å². The number of amides is 1. The van der Waals surface area contributed by atoms with Crippen LogP contribution < -0.4 is 4.90 Å². The third-order valence-corrected chi connectivity index (χ3v) is 7.28. The van der Waals surface area contributed by atoms with Gasteiger partial charge in [0.15, 0.2) is 0 Å². The Kier molecular flexibility index (Phi) is 6.04. The molecule has 1 aliphatic heterocycles. The van der Waals surface area contributed by atoms with Crippen molar-refractivity contribution in [3.63, 3.8) is 0 Å². The van der Waals surface area contributed by atoms with Crippen LogP contribution in [0.4, 0.5) is 10.1 Å². The maximum Gasteiger partial charge on any atom is 0.261 e. The van der Waals surface area contributed by atoms with Gasteiger partial charge < -0.3 is 9.64 Å². The molecule has 3 aromatic carbocycles. The summed E-state index contributed by atoms with van der Waals surface area (Å²) in [6.45, 7) is 3.15. The number of carbonyl (C=O) groups excluding carboxylic acids is 1. The van der Waals surface area contributed by atoms with Gasteiger partial charge in [0.05, 0.1) is 23.7 Å². The molecule has 1 aliphatic rings. The van der Waals surface area contributed by atoms with Crippen LogP contribution in [0.3, 0.4) is 0 Å². The number of halogens is 1. The van der Waals surface area contributed by atoms with E-state index in [1.165, 1.54) is 15.3 Å². The molecule has 1 amide bonds. The fraction of sp³-hybridized carbons (Fsp3) is 0.261. The number of nitrogens with zero attached hydrogens (tertiary/aromatic N) is 2. The van der Waals surface area contributed by atoms with E-state index in [2.05, 4.69) is 0 Å². The van der Waals surface area contributed by atoms with Crippen LogP contribution >= 0.6 is 0 Å². The van der Waals surface area contributed by atoms with Gasteiger partial charge >= 0.3 is 0 Å². The monoisotopic (exact) mass is 442 g/mol. The Labute approximate surface area is 180 Å². The zero-order valence-electron chi connectivity index (χ0n) is 17.1. The van der Waals surface area contributed by atoms with Crippen molar-refractivity contribution in [3.05, 3.63) is 72.0 Å². The van der Waals surface area contributed by atoms with Gasteiger partial charge in [0.2, 0.25) is 10.0 Å². The molecule has 31 heavy (non-hydrogen) atoms. The third kappa shape index (κ3) is 4.19. The maximum atomic E-state index is 14.6. The molecule has 0 radical (unpaired) electrons. The summed E-state index contributed by atoms with van der Waals surface area (Å²) in [5, 5.41) is 1.98. The number of hydrogen-bond acceptors (Lipinski definition) is 4.